The predicted octanol–water partition coefficient (Wildman–Crippen LogP) is 10.5. The predicted molar refractivity (Wildman–Crippen MR) is 165 cm³/mol. The highest BCUT2D eigenvalue weighted by molar-refractivity contribution is 7.25. The van der Waals surface area contributed by atoms with Crippen molar-refractivity contribution in [1.29, 1.82) is 0 Å². The maximum absolute atomic E-state index is 2.40. The van der Waals surface area contributed by atoms with Crippen molar-refractivity contribution in [3.63, 3.8) is 0 Å². The van der Waals surface area contributed by atoms with Crippen molar-refractivity contribution in [2.24, 2.45) is 0 Å². The van der Waals surface area contributed by atoms with Gasteiger partial charge in [-0.1, -0.05) is 97.1 Å². The Morgan fingerprint density at radius 2 is 1.08 bits per heavy atom. The van der Waals surface area contributed by atoms with E-state index in [0.717, 1.165) is 0 Å². The fourth-order valence-electron chi connectivity index (χ4n) is 5.87. The van der Waals surface area contributed by atoms with E-state index in [1.165, 1.54) is 69.9 Å². The molecule has 0 unspecified atom stereocenters. The summed E-state index contributed by atoms with van der Waals surface area (Å²) < 4.78 is 5.08. The van der Waals surface area contributed by atoms with E-state index in [2.05, 4.69) is 144 Å². The third-order valence-electron chi connectivity index (χ3n) is 7.62. The van der Waals surface area contributed by atoms with Crippen LogP contribution in [-0.4, -0.2) is 4.57 Å². The summed E-state index contributed by atoms with van der Waals surface area (Å²) in [5.74, 6) is 0. The molecule has 0 aliphatic rings. The largest absolute Gasteiger partial charge is 0.309 e. The van der Waals surface area contributed by atoms with Gasteiger partial charge in [-0.15, -0.1) is 11.3 Å². The van der Waals surface area contributed by atoms with Crippen LogP contribution in [0.3, 0.4) is 0 Å². The van der Waals surface area contributed by atoms with E-state index in [4.69, 9.17) is 0 Å². The minimum Gasteiger partial charge on any atom is -0.309 e. The van der Waals surface area contributed by atoms with Gasteiger partial charge in [0, 0.05) is 36.6 Å². The van der Waals surface area contributed by atoms with Crippen LogP contribution in [-0.2, 0) is 0 Å². The Bertz CT molecular complexity index is 2110. The molecule has 0 spiro atoms. The van der Waals surface area contributed by atoms with Crippen LogP contribution in [0.15, 0.2) is 140 Å². The zero-order chi connectivity index (χ0) is 25.1. The van der Waals surface area contributed by atoms with Crippen molar-refractivity contribution in [3.05, 3.63) is 140 Å². The summed E-state index contributed by atoms with van der Waals surface area (Å²) in [6.07, 6.45) is 0. The van der Waals surface area contributed by atoms with Crippen molar-refractivity contribution in [3.8, 4) is 27.9 Å². The normalized spacial score (nSPS) is 11.7. The Morgan fingerprint density at radius 1 is 0.421 bits per heavy atom. The molecule has 6 aromatic carbocycles. The molecule has 0 aliphatic heterocycles. The zero-order valence-corrected chi connectivity index (χ0v) is 21.5. The molecule has 0 radical (unpaired) electrons. The molecule has 2 heteroatoms. The Hall–Kier alpha value is -4.66. The summed E-state index contributed by atoms with van der Waals surface area (Å²) in [5, 5.41) is 5.25. The number of benzene rings is 6. The molecule has 0 aliphatic carbocycles. The smallest absolute Gasteiger partial charge is 0.0547 e. The van der Waals surface area contributed by atoms with E-state index in [-0.39, 0.29) is 0 Å². The third kappa shape index (κ3) is 3.24. The molecule has 38 heavy (non-hydrogen) atoms. The number of aromatic nitrogens is 1. The number of rotatable bonds is 3. The molecular formula is C36H23NS. The monoisotopic (exact) mass is 501 g/mol. The molecular weight excluding hydrogens is 478 g/mol. The lowest BCUT2D eigenvalue weighted by Gasteiger charge is -2.10. The number of para-hydroxylation sites is 1. The van der Waals surface area contributed by atoms with E-state index >= 15 is 0 Å². The van der Waals surface area contributed by atoms with Gasteiger partial charge in [-0.25, -0.2) is 0 Å². The van der Waals surface area contributed by atoms with Crippen LogP contribution in [0.4, 0.5) is 0 Å². The quantitative estimate of drug-likeness (QED) is 0.227. The molecule has 0 atom stereocenters. The van der Waals surface area contributed by atoms with Gasteiger partial charge in [0.1, 0.15) is 0 Å². The topological polar surface area (TPSA) is 4.93 Å². The van der Waals surface area contributed by atoms with Crippen LogP contribution in [0.2, 0.25) is 0 Å². The molecule has 2 aromatic heterocycles. The van der Waals surface area contributed by atoms with Crippen molar-refractivity contribution in [2.45, 2.75) is 0 Å². The van der Waals surface area contributed by atoms with Crippen LogP contribution >= 0.6 is 11.3 Å². The van der Waals surface area contributed by atoms with Crippen LogP contribution in [0.5, 0.6) is 0 Å². The minimum atomic E-state index is 1.17. The highest BCUT2D eigenvalue weighted by Gasteiger charge is 2.16. The van der Waals surface area contributed by atoms with Gasteiger partial charge in [-0.3, -0.25) is 0 Å². The Morgan fingerprint density at radius 3 is 1.95 bits per heavy atom. The van der Waals surface area contributed by atoms with Crippen molar-refractivity contribution in [2.75, 3.05) is 0 Å². The molecule has 0 amide bonds. The minimum absolute atomic E-state index is 1.17. The van der Waals surface area contributed by atoms with Crippen LogP contribution in [0.25, 0.3) is 69.9 Å². The van der Waals surface area contributed by atoms with Crippen molar-refractivity contribution in [1.82, 2.24) is 4.57 Å². The summed E-state index contributed by atoms with van der Waals surface area (Å²) in [7, 11) is 0. The van der Waals surface area contributed by atoms with E-state index in [1.54, 1.807) is 0 Å². The van der Waals surface area contributed by atoms with Gasteiger partial charge in [0.25, 0.3) is 0 Å². The molecule has 0 N–H and O–H groups in total. The SMILES string of the molecule is c1ccc(-c2ccc(-n3c4ccccc4c4c(-c5ccc6sc7ccccc7c6c5)cccc43)cc2)cc1. The fourth-order valence-corrected chi connectivity index (χ4v) is 6.95. The Labute approximate surface area is 224 Å². The van der Waals surface area contributed by atoms with Gasteiger partial charge < -0.3 is 4.57 Å². The van der Waals surface area contributed by atoms with Crippen LogP contribution < -0.4 is 0 Å². The van der Waals surface area contributed by atoms with Crippen molar-refractivity contribution >= 4 is 53.3 Å². The van der Waals surface area contributed by atoms with Crippen molar-refractivity contribution < 1.29 is 0 Å². The average Bonchev–Trinajstić information content (AvgIpc) is 3.53. The number of thiophene rings is 1. The molecule has 8 rings (SSSR count). The molecule has 0 saturated carbocycles. The number of fused-ring (bicyclic) bond motifs is 6. The lowest BCUT2D eigenvalue weighted by Crippen LogP contribution is -1.93. The van der Waals surface area contributed by atoms with E-state index in [9.17, 15) is 0 Å². The highest BCUT2D eigenvalue weighted by Crippen LogP contribution is 2.41. The molecule has 0 bridgehead atoms. The van der Waals surface area contributed by atoms with Gasteiger partial charge in [0.05, 0.1) is 11.0 Å². The van der Waals surface area contributed by atoms with Gasteiger partial charge >= 0.3 is 0 Å². The zero-order valence-electron chi connectivity index (χ0n) is 20.6. The summed E-state index contributed by atoms with van der Waals surface area (Å²) in [6.45, 7) is 0. The lowest BCUT2D eigenvalue weighted by atomic mass is 9.98. The second-order valence-corrected chi connectivity index (χ2v) is 10.9. The highest BCUT2D eigenvalue weighted by atomic mass is 32.1. The second-order valence-electron chi connectivity index (χ2n) is 9.77. The number of nitrogens with zero attached hydrogens (tertiary/aromatic N) is 1. The molecule has 1 nitrogen and oxygen atoms in total. The second kappa shape index (κ2) is 8.44. The average molecular weight is 502 g/mol. The Balaban J connectivity index is 1.36. The summed E-state index contributed by atoms with van der Waals surface area (Å²) >= 11 is 1.87. The van der Waals surface area contributed by atoms with E-state index in [0.29, 0.717) is 0 Å². The van der Waals surface area contributed by atoms with Crippen LogP contribution in [0.1, 0.15) is 0 Å². The first-order chi connectivity index (χ1) is 18.8. The standard InChI is InChI=1S/C36H23NS/c1-2-9-24(10-3-1)25-17-20-27(21-18-25)37-32-14-6-4-12-30(32)36-28(13-8-15-33(36)37)26-19-22-35-31(23-26)29-11-5-7-16-34(29)38-35/h1-23H. The number of hydrogen-bond donors (Lipinski definition) is 0. The maximum Gasteiger partial charge on any atom is 0.0547 e. The Kier molecular flexibility index (Phi) is 4.76. The molecule has 8 aromatic rings. The summed E-state index contributed by atoms with van der Waals surface area (Å²) in [5.41, 5.74) is 8.62. The molecule has 0 fully saturated rings. The van der Waals surface area contributed by atoms with E-state index < -0.39 is 0 Å². The molecule has 0 saturated heterocycles. The fraction of sp³-hybridized carbons (Fsp3) is 0. The molecule has 2 heterocycles. The van der Waals surface area contributed by atoms with Gasteiger partial charge in [-0.05, 0) is 64.7 Å². The maximum atomic E-state index is 2.40. The first kappa shape index (κ1) is 21.4. The first-order valence-electron chi connectivity index (χ1n) is 12.9. The van der Waals surface area contributed by atoms with Gasteiger partial charge in [0.15, 0.2) is 0 Å². The van der Waals surface area contributed by atoms with E-state index in [1.807, 2.05) is 11.3 Å². The molecule has 178 valence electrons. The van der Waals surface area contributed by atoms with Crippen LogP contribution in [0, 0.1) is 0 Å². The third-order valence-corrected chi connectivity index (χ3v) is 8.77. The van der Waals surface area contributed by atoms with Gasteiger partial charge in [0.2, 0.25) is 0 Å². The summed E-state index contributed by atoms with van der Waals surface area (Å²) in [6, 6.07) is 50.7. The summed E-state index contributed by atoms with van der Waals surface area (Å²) in [4.78, 5) is 0. The number of hydrogen-bond acceptors (Lipinski definition) is 1. The van der Waals surface area contributed by atoms with Gasteiger partial charge in [-0.2, -0.15) is 0 Å². The first-order valence-corrected chi connectivity index (χ1v) is 13.8. The lowest BCUT2D eigenvalue weighted by molar-refractivity contribution is 1.18.